The van der Waals surface area contributed by atoms with Crippen LogP contribution in [0.4, 0.5) is 0 Å². The average molecular weight is 286 g/mol. The van der Waals surface area contributed by atoms with Gasteiger partial charge in [-0.05, 0) is 47.6 Å². The van der Waals surface area contributed by atoms with Crippen LogP contribution in [0.5, 0.6) is 0 Å². The molecule has 0 saturated heterocycles. The molecule has 2 aromatic rings. The van der Waals surface area contributed by atoms with Crippen LogP contribution >= 0.6 is 11.8 Å². The van der Waals surface area contributed by atoms with E-state index >= 15 is 0 Å². The Morgan fingerprint density at radius 2 is 1.80 bits per heavy atom. The van der Waals surface area contributed by atoms with Crippen LogP contribution in [0, 0.1) is 6.92 Å². The molecule has 2 rings (SSSR count). The van der Waals surface area contributed by atoms with Crippen LogP contribution in [0.25, 0.3) is 0 Å². The highest BCUT2D eigenvalue weighted by molar-refractivity contribution is 7.98. The first-order valence-corrected chi connectivity index (χ1v) is 8.32. The second-order valence-electron chi connectivity index (χ2n) is 4.90. The molecule has 0 aliphatic carbocycles. The monoisotopic (exact) mass is 286 g/mol. The fourth-order valence-corrected chi connectivity index (χ4v) is 2.96. The van der Waals surface area contributed by atoms with Gasteiger partial charge in [0.1, 0.15) is 6.10 Å². The van der Waals surface area contributed by atoms with Gasteiger partial charge in [-0.25, -0.2) is 0 Å². The highest BCUT2D eigenvalue weighted by Gasteiger charge is 2.16. The number of hydrogen-bond acceptors (Lipinski definition) is 2. The molecule has 0 N–H and O–H groups in total. The normalized spacial score (nSPS) is 12.3. The van der Waals surface area contributed by atoms with Crippen LogP contribution in [0.15, 0.2) is 48.5 Å². The molecule has 0 aliphatic rings. The zero-order valence-electron chi connectivity index (χ0n) is 12.4. The third kappa shape index (κ3) is 3.44. The minimum absolute atomic E-state index is 0.0189. The molecular weight excluding hydrogens is 264 g/mol. The number of ether oxygens (including phenoxy) is 1. The maximum Gasteiger partial charge on any atom is 0.107 e. The van der Waals surface area contributed by atoms with Crippen molar-refractivity contribution >= 4 is 11.8 Å². The summed E-state index contributed by atoms with van der Waals surface area (Å²) in [7, 11) is 1.78. The van der Waals surface area contributed by atoms with E-state index < -0.39 is 0 Å². The summed E-state index contributed by atoms with van der Waals surface area (Å²) < 4.78 is 5.76. The SMILES string of the molecule is COC(c1ccccc1)c1cccc(CCSC)c1C. The predicted octanol–water partition coefficient (Wildman–Crippen LogP) is 4.64. The number of methoxy groups -OCH3 is 1. The summed E-state index contributed by atoms with van der Waals surface area (Å²) in [6.07, 6.45) is 3.29. The van der Waals surface area contributed by atoms with E-state index in [0.29, 0.717) is 0 Å². The van der Waals surface area contributed by atoms with Gasteiger partial charge in [0, 0.05) is 7.11 Å². The van der Waals surface area contributed by atoms with Gasteiger partial charge >= 0.3 is 0 Å². The van der Waals surface area contributed by atoms with E-state index in [1.54, 1.807) is 7.11 Å². The third-order valence-electron chi connectivity index (χ3n) is 3.68. The van der Waals surface area contributed by atoms with Gasteiger partial charge in [-0.15, -0.1) is 0 Å². The molecule has 1 nitrogen and oxygen atoms in total. The van der Waals surface area contributed by atoms with Crippen LogP contribution in [-0.2, 0) is 11.2 Å². The van der Waals surface area contributed by atoms with E-state index in [0.717, 1.165) is 12.2 Å². The molecule has 0 amide bonds. The number of benzene rings is 2. The smallest absolute Gasteiger partial charge is 0.107 e. The van der Waals surface area contributed by atoms with Gasteiger partial charge in [-0.1, -0.05) is 48.5 Å². The van der Waals surface area contributed by atoms with Crippen molar-refractivity contribution in [2.24, 2.45) is 0 Å². The molecule has 2 heteroatoms. The van der Waals surface area contributed by atoms with E-state index in [4.69, 9.17) is 4.74 Å². The van der Waals surface area contributed by atoms with Gasteiger partial charge in [-0.3, -0.25) is 0 Å². The molecule has 20 heavy (non-hydrogen) atoms. The van der Waals surface area contributed by atoms with Crippen LogP contribution < -0.4 is 0 Å². The maximum atomic E-state index is 5.76. The molecule has 0 saturated carbocycles. The first kappa shape index (κ1) is 15.1. The summed E-state index contributed by atoms with van der Waals surface area (Å²) >= 11 is 1.89. The quantitative estimate of drug-likeness (QED) is 0.765. The molecule has 2 aromatic carbocycles. The Kier molecular flexibility index (Phi) is 5.69. The standard InChI is InChI=1S/C18H22OS/c1-14-15(12-13-20-3)10-7-11-17(14)18(19-2)16-8-5-4-6-9-16/h4-11,18H,12-13H2,1-3H3. The van der Waals surface area contributed by atoms with Gasteiger partial charge in [0.25, 0.3) is 0 Å². The zero-order valence-corrected chi connectivity index (χ0v) is 13.2. The van der Waals surface area contributed by atoms with E-state index in [9.17, 15) is 0 Å². The molecule has 0 heterocycles. The Balaban J connectivity index is 2.35. The third-order valence-corrected chi connectivity index (χ3v) is 4.30. The fraction of sp³-hybridized carbons (Fsp3) is 0.333. The fourth-order valence-electron chi connectivity index (χ4n) is 2.54. The molecule has 0 aromatic heterocycles. The average Bonchev–Trinajstić information content (AvgIpc) is 2.49. The Morgan fingerprint density at radius 1 is 1.05 bits per heavy atom. The van der Waals surface area contributed by atoms with Crippen molar-refractivity contribution in [1.82, 2.24) is 0 Å². The predicted molar refractivity (Wildman–Crippen MR) is 88.6 cm³/mol. The molecule has 1 unspecified atom stereocenters. The Labute approximate surface area is 126 Å². The summed E-state index contributed by atoms with van der Waals surface area (Å²) in [5.74, 6) is 1.16. The lowest BCUT2D eigenvalue weighted by atomic mass is 9.93. The minimum Gasteiger partial charge on any atom is -0.372 e. The van der Waals surface area contributed by atoms with E-state index in [1.165, 1.54) is 22.3 Å². The van der Waals surface area contributed by atoms with E-state index in [1.807, 2.05) is 17.8 Å². The topological polar surface area (TPSA) is 9.23 Å². The van der Waals surface area contributed by atoms with Crippen molar-refractivity contribution in [2.45, 2.75) is 19.4 Å². The number of hydrogen-bond donors (Lipinski definition) is 0. The number of thioether (sulfide) groups is 1. The van der Waals surface area contributed by atoms with Gasteiger partial charge in [0.05, 0.1) is 0 Å². The lowest BCUT2D eigenvalue weighted by Gasteiger charge is -2.20. The number of aryl methyl sites for hydroxylation is 1. The summed E-state index contributed by atoms with van der Waals surface area (Å²) in [5, 5.41) is 0. The van der Waals surface area contributed by atoms with Crippen molar-refractivity contribution < 1.29 is 4.74 Å². The van der Waals surface area contributed by atoms with Crippen molar-refractivity contribution in [3.8, 4) is 0 Å². The van der Waals surface area contributed by atoms with Gasteiger partial charge in [0.2, 0.25) is 0 Å². The van der Waals surface area contributed by atoms with Crippen molar-refractivity contribution in [1.29, 1.82) is 0 Å². The van der Waals surface area contributed by atoms with Gasteiger partial charge < -0.3 is 4.74 Å². The lowest BCUT2D eigenvalue weighted by molar-refractivity contribution is 0.136. The van der Waals surface area contributed by atoms with Crippen molar-refractivity contribution in [3.05, 3.63) is 70.8 Å². The molecule has 0 spiro atoms. The first-order valence-electron chi connectivity index (χ1n) is 6.93. The molecule has 0 aliphatic heterocycles. The Hall–Kier alpha value is -1.25. The highest BCUT2D eigenvalue weighted by atomic mass is 32.2. The summed E-state index contributed by atoms with van der Waals surface area (Å²) in [6, 6.07) is 17.0. The summed E-state index contributed by atoms with van der Waals surface area (Å²) in [5.41, 5.74) is 5.27. The van der Waals surface area contributed by atoms with E-state index in [2.05, 4.69) is 55.6 Å². The van der Waals surface area contributed by atoms with Crippen molar-refractivity contribution in [2.75, 3.05) is 19.1 Å². The second-order valence-corrected chi connectivity index (χ2v) is 5.89. The molecule has 0 bridgehead atoms. The van der Waals surface area contributed by atoms with Crippen molar-refractivity contribution in [3.63, 3.8) is 0 Å². The maximum absolute atomic E-state index is 5.76. The molecule has 106 valence electrons. The van der Waals surface area contributed by atoms with Crippen LogP contribution in [0.2, 0.25) is 0 Å². The largest absolute Gasteiger partial charge is 0.372 e. The Bertz CT molecular complexity index is 536. The minimum atomic E-state index is 0.0189. The number of rotatable bonds is 6. The first-order chi connectivity index (χ1) is 9.77. The second kappa shape index (κ2) is 7.51. The van der Waals surface area contributed by atoms with Crippen LogP contribution in [-0.4, -0.2) is 19.1 Å². The molecular formula is C18H22OS. The van der Waals surface area contributed by atoms with Crippen LogP contribution in [0.1, 0.15) is 28.4 Å². The molecule has 0 radical (unpaired) electrons. The van der Waals surface area contributed by atoms with Gasteiger partial charge in [-0.2, -0.15) is 11.8 Å². The summed E-state index contributed by atoms with van der Waals surface area (Å²) in [4.78, 5) is 0. The van der Waals surface area contributed by atoms with Gasteiger partial charge in [0.15, 0.2) is 0 Å². The molecule has 0 fully saturated rings. The highest BCUT2D eigenvalue weighted by Crippen LogP contribution is 2.29. The zero-order chi connectivity index (χ0) is 14.4. The lowest BCUT2D eigenvalue weighted by Crippen LogP contribution is -2.07. The van der Waals surface area contributed by atoms with E-state index in [-0.39, 0.29) is 6.10 Å². The molecule has 1 atom stereocenters. The Morgan fingerprint density at radius 3 is 2.45 bits per heavy atom. The summed E-state index contributed by atoms with van der Waals surface area (Å²) in [6.45, 7) is 2.21. The van der Waals surface area contributed by atoms with Crippen LogP contribution in [0.3, 0.4) is 0 Å².